The van der Waals surface area contributed by atoms with E-state index in [4.69, 9.17) is 9.47 Å². The molecule has 1 amide bonds. The van der Waals surface area contributed by atoms with Gasteiger partial charge in [0.25, 0.3) is 0 Å². The van der Waals surface area contributed by atoms with Gasteiger partial charge in [-0.25, -0.2) is 4.39 Å². The molecule has 33 heavy (non-hydrogen) atoms. The molecule has 2 heterocycles. The van der Waals surface area contributed by atoms with E-state index in [1.54, 1.807) is 0 Å². The molecule has 0 radical (unpaired) electrons. The Morgan fingerprint density at radius 3 is 2.55 bits per heavy atom. The number of hydrogen-bond acceptors (Lipinski definition) is 8. The molecule has 13 heteroatoms. The highest BCUT2D eigenvalue weighted by Crippen LogP contribution is 2.26. The molecular formula is C20H34F4N6O3. The van der Waals surface area contributed by atoms with Crippen LogP contribution in [0.25, 0.3) is 0 Å². The van der Waals surface area contributed by atoms with Crippen LogP contribution in [0.5, 0.6) is 0 Å². The van der Waals surface area contributed by atoms with E-state index in [2.05, 4.69) is 31.9 Å². The number of nitrogens with one attached hydrogen (secondary N) is 6. The zero-order valence-corrected chi connectivity index (χ0v) is 18.4. The molecule has 0 bridgehead atoms. The minimum absolute atomic E-state index is 0.00798. The van der Waals surface area contributed by atoms with Crippen LogP contribution in [0, 0.1) is 5.92 Å². The van der Waals surface area contributed by atoms with Gasteiger partial charge in [-0.1, -0.05) is 0 Å². The summed E-state index contributed by atoms with van der Waals surface area (Å²) >= 11 is 0. The molecule has 4 fully saturated rings. The Morgan fingerprint density at radius 2 is 1.79 bits per heavy atom. The molecule has 6 atom stereocenters. The van der Waals surface area contributed by atoms with Crippen molar-refractivity contribution in [2.24, 2.45) is 5.92 Å². The molecule has 2 aliphatic carbocycles. The fourth-order valence-corrected chi connectivity index (χ4v) is 5.02. The average Bonchev–Trinajstić information content (AvgIpc) is 2.76. The van der Waals surface area contributed by atoms with Crippen LogP contribution in [0.3, 0.4) is 0 Å². The van der Waals surface area contributed by atoms with Gasteiger partial charge in [0.15, 0.2) is 6.35 Å². The van der Waals surface area contributed by atoms with Crippen molar-refractivity contribution in [3.8, 4) is 0 Å². The fourth-order valence-electron chi connectivity index (χ4n) is 5.02. The van der Waals surface area contributed by atoms with Gasteiger partial charge in [-0.3, -0.25) is 31.4 Å². The van der Waals surface area contributed by atoms with Gasteiger partial charge in [0.05, 0.1) is 12.1 Å². The molecule has 190 valence electrons. The van der Waals surface area contributed by atoms with E-state index in [9.17, 15) is 22.4 Å². The van der Waals surface area contributed by atoms with Crippen LogP contribution in [-0.4, -0.2) is 75.1 Å². The Morgan fingerprint density at radius 1 is 1.03 bits per heavy atom. The van der Waals surface area contributed by atoms with Gasteiger partial charge in [0, 0.05) is 12.6 Å². The maximum absolute atomic E-state index is 13.4. The molecule has 0 spiro atoms. The van der Waals surface area contributed by atoms with E-state index in [0.29, 0.717) is 31.7 Å². The van der Waals surface area contributed by atoms with Gasteiger partial charge < -0.3 is 14.8 Å². The van der Waals surface area contributed by atoms with Gasteiger partial charge in [0.2, 0.25) is 5.91 Å². The molecule has 0 aromatic carbocycles. The number of rotatable bonds is 7. The third-order valence-electron chi connectivity index (χ3n) is 6.73. The molecule has 6 N–H and O–H groups in total. The SMILES string of the molecule is O=C1COC2CCC(NC3NC(NCC4CCC(F)CC4)NC(OCC(F)(F)F)N3)CC2N1. The molecule has 0 aromatic rings. The molecule has 0 aromatic heterocycles. The van der Waals surface area contributed by atoms with Crippen molar-refractivity contribution in [1.29, 1.82) is 0 Å². The van der Waals surface area contributed by atoms with Crippen LogP contribution in [0.15, 0.2) is 0 Å². The van der Waals surface area contributed by atoms with Gasteiger partial charge in [-0.15, -0.1) is 0 Å². The normalized spacial score (nSPS) is 40.2. The third-order valence-corrected chi connectivity index (χ3v) is 6.73. The Balaban J connectivity index is 1.30. The second-order valence-electron chi connectivity index (χ2n) is 9.40. The number of morpholine rings is 1. The van der Waals surface area contributed by atoms with E-state index >= 15 is 0 Å². The van der Waals surface area contributed by atoms with Crippen molar-refractivity contribution in [2.75, 3.05) is 19.8 Å². The first kappa shape index (κ1) is 25.0. The second-order valence-corrected chi connectivity index (χ2v) is 9.40. The summed E-state index contributed by atoms with van der Waals surface area (Å²) in [5, 5.41) is 18.8. The van der Waals surface area contributed by atoms with Crippen LogP contribution in [0.1, 0.15) is 44.9 Å². The lowest BCUT2D eigenvalue weighted by molar-refractivity contribution is -0.199. The number of fused-ring (bicyclic) bond motifs is 1. The van der Waals surface area contributed by atoms with E-state index in [1.807, 2.05) is 0 Å². The zero-order chi connectivity index (χ0) is 23.4. The summed E-state index contributed by atoms with van der Waals surface area (Å²) in [5.74, 6) is 0.184. The summed E-state index contributed by atoms with van der Waals surface area (Å²) in [6.45, 7) is -0.684. The van der Waals surface area contributed by atoms with E-state index in [-0.39, 0.29) is 30.7 Å². The van der Waals surface area contributed by atoms with Crippen LogP contribution >= 0.6 is 0 Å². The summed E-state index contributed by atoms with van der Waals surface area (Å²) < 4.78 is 62.0. The zero-order valence-electron chi connectivity index (χ0n) is 18.4. The Hall–Kier alpha value is -1.09. The predicted molar refractivity (Wildman–Crippen MR) is 110 cm³/mol. The van der Waals surface area contributed by atoms with Crippen molar-refractivity contribution >= 4 is 5.91 Å². The average molecular weight is 483 g/mol. The van der Waals surface area contributed by atoms with Gasteiger partial charge in [0.1, 0.15) is 32.0 Å². The quantitative estimate of drug-likeness (QED) is 0.289. The summed E-state index contributed by atoms with van der Waals surface area (Å²) in [7, 11) is 0. The molecule has 2 saturated carbocycles. The molecule has 2 saturated heterocycles. The standard InChI is InChI=1S/C20H34F4N6O3/c21-12-3-1-11(2-4-12)8-25-17-28-18(30-19(29-17)33-10-20(22,23)24)26-13-5-6-15-14(7-13)27-16(31)9-32-15/h11-15,17-19,25-26,28-30H,1-10H2,(H,27,31). The number of hydrogen-bond donors (Lipinski definition) is 6. The van der Waals surface area contributed by atoms with Crippen molar-refractivity contribution in [3.05, 3.63) is 0 Å². The lowest BCUT2D eigenvalue weighted by atomic mass is 9.87. The number of carbonyl (C=O) groups excluding carboxylic acids is 1. The first-order chi connectivity index (χ1) is 15.7. The van der Waals surface area contributed by atoms with Crippen LogP contribution in [0.4, 0.5) is 17.6 Å². The molecule has 9 nitrogen and oxygen atoms in total. The van der Waals surface area contributed by atoms with E-state index in [1.165, 1.54) is 0 Å². The molecular weight excluding hydrogens is 448 g/mol. The second kappa shape index (κ2) is 11.1. The van der Waals surface area contributed by atoms with Crippen molar-refractivity contribution in [3.63, 3.8) is 0 Å². The highest BCUT2D eigenvalue weighted by atomic mass is 19.4. The largest absolute Gasteiger partial charge is 0.411 e. The molecule has 2 aliphatic heterocycles. The first-order valence-corrected chi connectivity index (χ1v) is 11.7. The maximum atomic E-state index is 13.4. The van der Waals surface area contributed by atoms with Gasteiger partial charge in [-0.05, 0) is 50.9 Å². The van der Waals surface area contributed by atoms with Gasteiger partial charge in [-0.2, -0.15) is 13.2 Å². The van der Waals surface area contributed by atoms with Gasteiger partial charge >= 0.3 is 6.18 Å². The highest BCUT2D eigenvalue weighted by Gasteiger charge is 2.38. The van der Waals surface area contributed by atoms with Crippen molar-refractivity contribution < 1.29 is 31.8 Å². The van der Waals surface area contributed by atoms with E-state index in [0.717, 1.165) is 25.7 Å². The number of halogens is 4. The lowest BCUT2D eigenvalue weighted by Crippen LogP contribution is -2.76. The molecule has 4 rings (SSSR count). The topological polar surface area (TPSA) is 108 Å². The minimum Gasteiger partial charge on any atom is -0.366 e. The van der Waals surface area contributed by atoms with Crippen LogP contribution in [0.2, 0.25) is 0 Å². The Kier molecular flexibility index (Phi) is 8.42. The lowest BCUT2D eigenvalue weighted by Gasteiger charge is -2.44. The fraction of sp³-hybridized carbons (Fsp3) is 0.950. The van der Waals surface area contributed by atoms with Crippen LogP contribution in [-0.2, 0) is 14.3 Å². The summed E-state index contributed by atoms with van der Waals surface area (Å²) in [4.78, 5) is 11.6. The summed E-state index contributed by atoms with van der Waals surface area (Å²) in [6.07, 6.45) is -2.33. The molecule has 6 unspecified atom stereocenters. The summed E-state index contributed by atoms with van der Waals surface area (Å²) in [6, 6.07) is -0.0591. The van der Waals surface area contributed by atoms with E-state index < -0.39 is 37.9 Å². The predicted octanol–water partition coefficient (Wildman–Crippen LogP) is 0.342. The Bertz CT molecular complexity index is 652. The Labute approximate surface area is 190 Å². The molecule has 4 aliphatic rings. The number of alkyl halides is 4. The number of amides is 1. The summed E-state index contributed by atoms with van der Waals surface area (Å²) in [5.41, 5.74) is 0. The minimum atomic E-state index is -4.44. The monoisotopic (exact) mass is 482 g/mol. The number of ether oxygens (including phenoxy) is 2. The smallest absolute Gasteiger partial charge is 0.366 e. The highest BCUT2D eigenvalue weighted by molar-refractivity contribution is 5.78. The maximum Gasteiger partial charge on any atom is 0.411 e. The number of carbonyl (C=O) groups is 1. The van der Waals surface area contributed by atoms with Crippen molar-refractivity contribution in [1.82, 2.24) is 31.9 Å². The van der Waals surface area contributed by atoms with Crippen LogP contribution < -0.4 is 31.9 Å². The third kappa shape index (κ3) is 7.70. The first-order valence-electron chi connectivity index (χ1n) is 11.7. The van der Waals surface area contributed by atoms with Crippen molar-refractivity contribution in [2.45, 2.75) is 94.4 Å².